The molecule has 0 spiro atoms. The van der Waals surface area contributed by atoms with Gasteiger partial charge < -0.3 is 15.4 Å². The minimum Gasteiger partial charge on any atom is -0.394 e. The summed E-state index contributed by atoms with van der Waals surface area (Å²) in [4.78, 5) is 17.1. The Bertz CT molecular complexity index is 873. The number of hydrogen-bond donors (Lipinski definition) is 3. The number of H-pyrrole nitrogens is 1. The van der Waals surface area contributed by atoms with Gasteiger partial charge in [0.2, 0.25) is 0 Å². The van der Waals surface area contributed by atoms with Crippen molar-refractivity contribution < 1.29 is 5.11 Å². The molecule has 0 saturated carbocycles. The van der Waals surface area contributed by atoms with Gasteiger partial charge in [0.05, 0.1) is 12.6 Å². The highest BCUT2D eigenvalue weighted by molar-refractivity contribution is 7.98. The fourth-order valence-corrected chi connectivity index (χ4v) is 3.04. The van der Waals surface area contributed by atoms with Crippen molar-refractivity contribution in [1.29, 1.82) is 0 Å². The highest BCUT2D eigenvalue weighted by atomic mass is 32.2. The Hall–Kier alpha value is -2.12. The third kappa shape index (κ3) is 4.16. The average Bonchev–Trinajstić information content (AvgIpc) is 3.06. The fourth-order valence-electron chi connectivity index (χ4n) is 2.68. The molecule has 7 heteroatoms. The van der Waals surface area contributed by atoms with Gasteiger partial charge in [-0.2, -0.15) is 0 Å². The lowest BCUT2D eigenvalue weighted by Crippen LogP contribution is -2.27. The van der Waals surface area contributed by atoms with Crippen LogP contribution in [0, 0.1) is 0 Å². The summed E-state index contributed by atoms with van der Waals surface area (Å²) in [6.45, 7) is 6.32. The lowest BCUT2D eigenvalue weighted by Gasteiger charge is -2.18. The first-order valence-electron chi connectivity index (χ1n) is 8.64. The molecule has 0 amide bonds. The number of nitrogens with one attached hydrogen (secondary N) is 2. The molecule has 0 aliphatic rings. The van der Waals surface area contributed by atoms with Crippen LogP contribution in [0.2, 0.25) is 0 Å². The van der Waals surface area contributed by atoms with Gasteiger partial charge in [-0.3, -0.25) is 0 Å². The standard InChI is InChI=1S/C19H25N5OS/c1-19(2,3)17-21-14-15(23-18(26-4)24-16(14)22-17)20-13(11-25)10-12-8-6-5-7-9-12/h5-9,13,25H,10-11H2,1-4H3,(H2,20,21,22,23,24). The van der Waals surface area contributed by atoms with E-state index in [9.17, 15) is 5.11 Å². The number of aliphatic hydroxyl groups excluding tert-OH is 1. The van der Waals surface area contributed by atoms with E-state index in [2.05, 4.69) is 58.2 Å². The Labute approximate surface area is 157 Å². The molecule has 0 saturated heterocycles. The Balaban J connectivity index is 1.95. The molecule has 3 N–H and O–H groups in total. The van der Waals surface area contributed by atoms with Crippen molar-refractivity contribution >= 4 is 28.7 Å². The van der Waals surface area contributed by atoms with E-state index in [-0.39, 0.29) is 18.1 Å². The van der Waals surface area contributed by atoms with Crippen LogP contribution in [0.1, 0.15) is 32.2 Å². The summed E-state index contributed by atoms with van der Waals surface area (Å²) in [6.07, 6.45) is 2.65. The van der Waals surface area contributed by atoms with Crippen LogP contribution in [-0.2, 0) is 11.8 Å². The first kappa shape index (κ1) is 18.7. The third-order valence-corrected chi connectivity index (χ3v) is 4.66. The van der Waals surface area contributed by atoms with Gasteiger partial charge in [-0.15, -0.1) is 0 Å². The summed E-state index contributed by atoms with van der Waals surface area (Å²) in [6, 6.07) is 9.96. The number of aromatic amines is 1. The van der Waals surface area contributed by atoms with E-state index >= 15 is 0 Å². The quantitative estimate of drug-likeness (QED) is 0.455. The van der Waals surface area contributed by atoms with Gasteiger partial charge in [-0.25, -0.2) is 15.0 Å². The molecular formula is C19H25N5OS. The number of fused-ring (bicyclic) bond motifs is 1. The third-order valence-electron chi connectivity index (χ3n) is 4.11. The van der Waals surface area contributed by atoms with E-state index in [0.29, 0.717) is 23.0 Å². The summed E-state index contributed by atoms with van der Waals surface area (Å²) in [5, 5.41) is 13.9. The van der Waals surface area contributed by atoms with Crippen LogP contribution in [0.25, 0.3) is 11.2 Å². The second kappa shape index (κ2) is 7.63. The minimum absolute atomic E-state index is 0.00918. The molecule has 0 bridgehead atoms. The normalized spacial score (nSPS) is 13.1. The summed E-state index contributed by atoms with van der Waals surface area (Å²) >= 11 is 1.47. The lowest BCUT2D eigenvalue weighted by molar-refractivity contribution is 0.273. The van der Waals surface area contributed by atoms with Crippen molar-refractivity contribution in [3.8, 4) is 0 Å². The number of nitrogens with zero attached hydrogens (tertiary/aromatic N) is 3. The molecule has 26 heavy (non-hydrogen) atoms. The van der Waals surface area contributed by atoms with Crippen molar-refractivity contribution in [2.24, 2.45) is 0 Å². The zero-order valence-corrected chi connectivity index (χ0v) is 16.4. The molecule has 1 aromatic carbocycles. The van der Waals surface area contributed by atoms with Crippen LogP contribution < -0.4 is 5.32 Å². The van der Waals surface area contributed by atoms with Crippen LogP contribution in [-0.4, -0.2) is 43.9 Å². The van der Waals surface area contributed by atoms with Gasteiger partial charge in [0.1, 0.15) is 11.3 Å². The number of rotatable bonds is 6. The zero-order valence-electron chi connectivity index (χ0n) is 15.6. The Morgan fingerprint density at radius 3 is 2.50 bits per heavy atom. The molecule has 1 unspecified atom stereocenters. The van der Waals surface area contributed by atoms with Crippen molar-refractivity contribution in [2.75, 3.05) is 18.2 Å². The minimum atomic E-state index is -0.147. The predicted octanol–water partition coefficient (Wildman–Crippen LogP) is 3.39. The van der Waals surface area contributed by atoms with Crippen LogP contribution in [0.4, 0.5) is 5.82 Å². The van der Waals surface area contributed by atoms with E-state index in [4.69, 9.17) is 0 Å². The largest absolute Gasteiger partial charge is 0.394 e. The predicted molar refractivity (Wildman–Crippen MR) is 107 cm³/mol. The Kier molecular flexibility index (Phi) is 5.48. The first-order valence-corrected chi connectivity index (χ1v) is 9.86. The monoisotopic (exact) mass is 371 g/mol. The molecule has 0 aliphatic heterocycles. The van der Waals surface area contributed by atoms with Crippen molar-refractivity contribution in [2.45, 2.75) is 43.8 Å². The maximum absolute atomic E-state index is 9.84. The van der Waals surface area contributed by atoms with Crippen LogP contribution in [0.5, 0.6) is 0 Å². The van der Waals surface area contributed by atoms with E-state index < -0.39 is 0 Å². The molecule has 3 rings (SSSR count). The van der Waals surface area contributed by atoms with Gasteiger partial charge in [-0.1, -0.05) is 62.9 Å². The van der Waals surface area contributed by atoms with Crippen LogP contribution in [0.15, 0.2) is 35.5 Å². The Morgan fingerprint density at radius 2 is 1.88 bits per heavy atom. The SMILES string of the molecule is CSc1nc(NC(CO)Cc2ccccc2)c2[nH]c(C(C)(C)C)nc2n1. The molecule has 0 aliphatic carbocycles. The Morgan fingerprint density at radius 1 is 1.15 bits per heavy atom. The fraction of sp³-hybridized carbons (Fsp3) is 0.421. The number of hydrogen-bond acceptors (Lipinski definition) is 6. The van der Waals surface area contributed by atoms with E-state index in [1.54, 1.807) is 0 Å². The maximum Gasteiger partial charge on any atom is 0.191 e. The van der Waals surface area contributed by atoms with Crippen LogP contribution in [0.3, 0.4) is 0 Å². The zero-order chi connectivity index (χ0) is 18.7. The number of anilines is 1. The topological polar surface area (TPSA) is 86.7 Å². The van der Waals surface area contributed by atoms with Gasteiger partial charge in [0.25, 0.3) is 0 Å². The van der Waals surface area contributed by atoms with Gasteiger partial charge in [-0.05, 0) is 18.2 Å². The second-order valence-electron chi connectivity index (χ2n) is 7.31. The number of aromatic nitrogens is 4. The second-order valence-corrected chi connectivity index (χ2v) is 8.08. The van der Waals surface area contributed by atoms with Gasteiger partial charge in [0, 0.05) is 5.41 Å². The highest BCUT2D eigenvalue weighted by Gasteiger charge is 2.22. The summed E-state index contributed by atoms with van der Waals surface area (Å²) in [7, 11) is 0. The van der Waals surface area contributed by atoms with Crippen molar-refractivity contribution in [3.63, 3.8) is 0 Å². The molecular weight excluding hydrogens is 346 g/mol. The average molecular weight is 372 g/mol. The van der Waals surface area contributed by atoms with E-state index in [1.165, 1.54) is 11.8 Å². The lowest BCUT2D eigenvalue weighted by atomic mass is 9.96. The van der Waals surface area contributed by atoms with Gasteiger partial charge in [0.15, 0.2) is 16.6 Å². The molecule has 2 aromatic heterocycles. The molecule has 6 nitrogen and oxygen atoms in total. The highest BCUT2D eigenvalue weighted by Crippen LogP contribution is 2.27. The number of thioether (sulfide) groups is 1. The van der Waals surface area contributed by atoms with E-state index in [1.807, 2.05) is 24.5 Å². The summed E-state index contributed by atoms with van der Waals surface area (Å²) in [5.74, 6) is 1.55. The smallest absolute Gasteiger partial charge is 0.191 e. The first-order chi connectivity index (χ1) is 12.4. The molecule has 0 fully saturated rings. The molecule has 3 aromatic rings. The van der Waals surface area contributed by atoms with Gasteiger partial charge >= 0.3 is 0 Å². The van der Waals surface area contributed by atoms with Crippen molar-refractivity contribution in [1.82, 2.24) is 19.9 Å². The molecule has 2 heterocycles. The molecule has 0 radical (unpaired) electrons. The summed E-state index contributed by atoms with van der Waals surface area (Å²) in [5.41, 5.74) is 2.47. The van der Waals surface area contributed by atoms with Crippen LogP contribution >= 0.6 is 11.8 Å². The van der Waals surface area contributed by atoms with Crippen molar-refractivity contribution in [3.05, 3.63) is 41.7 Å². The molecule has 1 atom stereocenters. The molecule has 138 valence electrons. The van der Waals surface area contributed by atoms with E-state index in [0.717, 1.165) is 16.9 Å². The number of benzene rings is 1. The summed E-state index contributed by atoms with van der Waals surface area (Å²) < 4.78 is 0. The maximum atomic E-state index is 9.84. The number of aliphatic hydroxyl groups is 1. The number of imidazole rings is 1.